The maximum Gasteiger partial charge on any atom is 0.242 e. The minimum atomic E-state index is -0.941. The molecule has 2 rings (SSSR count). The fourth-order valence-corrected chi connectivity index (χ4v) is 3.55. The van der Waals surface area contributed by atoms with E-state index in [9.17, 15) is 9.59 Å². The Labute approximate surface area is 124 Å². The number of nitrogens with one attached hydrogen (secondary N) is 1. The molecule has 21 heavy (non-hydrogen) atoms. The number of nitrogens with two attached hydrogens (primary N) is 1. The van der Waals surface area contributed by atoms with Crippen molar-refractivity contribution in [1.82, 2.24) is 10.2 Å². The van der Waals surface area contributed by atoms with Crippen LogP contribution in [0, 0.1) is 5.41 Å². The van der Waals surface area contributed by atoms with Crippen molar-refractivity contribution >= 4 is 17.6 Å². The summed E-state index contributed by atoms with van der Waals surface area (Å²) < 4.78 is 0. The summed E-state index contributed by atoms with van der Waals surface area (Å²) >= 11 is 0. The van der Waals surface area contributed by atoms with E-state index in [4.69, 9.17) is 10.9 Å². The van der Waals surface area contributed by atoms with E-state index in [2.05, 4.69) is 10.5 Å². The first-order valence-electron chi connectivity index (χ1n) is 7.57. The van der Waals surface area contributed by atoms with Gasteiger partial charge < -0.3 is 21.2 Å². The van der Waals surface area contributed by atoms with Crippen LogP contribution >= 0.6 is 0 Å². The van der Waals surface area contributed by atoms with Crippen molar-refractivity contribution in [3.63, 3.8) is 0 Å². The number of carbonyl (C=O) groups is 2. The molecule has 2 fully saturated rings. The van der Waals surface area contributed by atoms with Crippen molar-refractivity contribution in [3.05, 3.63) is 0 Å². The summed E-state index contributed by atoms with van der Waals surface area (Å²) in [5.41, 5.74) is 4.92. The molecule has 0 aromatic carbocycles. The van der Waals surface area contributed by atoms with Crippen LogP contribution in [0.25, 0.3) is 0 Å². The second-order valence-corrected chi connectivity index (χ2v) is 5.90. The minimum absolute atomic E-state index is 0.0187. The topological polar surface area (TPSA) is 108 Å². The highest BCUT2D eigenvalue weighted by atomic mass is 16.4. The molecule has 1 atom stereocenters. The van der Waals surface area contributed by atoms with Crippen LogP contribution in [-0.4, -0.2) is 47.4 Å². The SMILES string of the molecule is CNC(=O)C1CCCN1C(=O)C1(C(N)=NO)CCCCC1. The molecular formula is C14H24N4O3. The van der Waals surface area contributed by atoms with Crippen molar-refractivity contribution < 1.29 is 14.8 Å². The maximum absolute atomic E-state index is 13.0. The van der Waals surface area contributed by atoms with E-state index in [1.54, 1.807) is 11.9 Å². The van der Waals surface area contributed by atoms with E-state index >= 15 is 0 Å². The van der Waals surface area contributed by atoms with Crippen LogP contribution in [0.1, 0.15) is 44.9 Å². The van der Waals surface area contributed by atoms with E-state index in [1.165, 1.54) is 0 Å². The largest absolute Gasteiger partial charge is 0.409 e. The van der Waals surface area contributed by atoms with Gasteiger partial charge in [-0.1, -0.05) is 24.4 Å². The molecule has 4 N–H and O–H groups in total. The van der Waals surface area contributed by atoms with Gasteiger partial charge in [0.05, 0.1) is 0 Å². The molecule has 0 bridgehead atoms. The molecular weight excluding hydrogens is 272 g/mol. The van der Waals surface area contributed by atoms with Gasteiger partial charge in [0.15, 0.2) is 5.84 Å². The smallest absolute Gasteiger partial charge is 0.242 e. The lowest BCUT2D eigenvalue weighted by Crippen LogP contribution is -2.55. The summed E-state index contributed by atoms with van der Waals surface area (Å²) in [4.78, 5) is 26.6. The van der Waals surface area contributed by atoms with Crippen LogP contribution in [0.4, 0.5) is 0 Å². The summed E-state index contributed by atoms with van der Waals surface area (Å²) in [7, 11) is 1.57. The van der Waals surface area contributed by atoms with Crippen molar-refractivity contribution in [2.45, 2.75) is 51.0 Å². The highest BCUT2D eigenvalue weighted by Gasteiger charge is 2.49. The van der Waals surface area contributed by atoms with E-state index < -0.39 is 11.5 Å². The number of rotatable bonds is 3. The predicted molar refractivity (Wildman–Crippen MR) is 77.7 cm³/mol. The Morgan fingerprint density at radius 2 is 1.95 bits per heavy atom. The Hall–Kier alpha value is -1.79. The Morgan fingerprint density at radius 3 is 2.52 bits per heavy atom. The van der Waals surface area contributed by atoms with E-state index in [0.29, 0.717) is 25.8 Å². The molecule has 1 aliphatic carbocycles. The quantitative estimate of drug-likeness (QED) is 0.303. The van der Waals surface area contributed by atoms with Gasteiger partial charge in [-0.25, -0.2) is 0 Å². The molecule has 1 saturated heterocycles. The Morgan fingerprint density at radius 1 is 1.29 bits per heavy atom. The molecule has 2 aliphatic rings. The van der Waals surface area contributed by atoms with Crippen LogP contribution in [0.5, 0.6) is 0 Å². The Balaban J connectivity index is 2.28. The zero-order valence-corrected chi connectivity index (χ0v) is 12.5. The van der Waals surface area contributed by atoms with Gasteiger partial charge in [-0.3, -0.25) is 9.59 Å². The summed E-state index contributed by atoms with van der Waals surface area (Å²) in [6.45, 7) is 0.553. The highest BCUT2D eigenvalue weighted by Crippen LogP contribution is 2.40. The fourth-order valence-electron chi connectivity index (χ4n) is 3.55. The van der Waals surface area contributed by atoms with Crippen LogP contribution in [0.15, 0.2) is 5.16 Å². The molecule has 0 spiro atoms. The number of oxime groups is 1. The Bertz CT molecular complexity index is 444. The lowest BCUT2D eigenvalue weighted by atomic mass is 9.72. The fraction of sp³-hybridized carbons (Fsp3) is 0.786. The average Bonchev–Trinajstić information content (AvgIpc) is 3.02. The van der Waals surface area contributed by atoms with Gasteiger partial charge in [0.1, 0.15) is 11.5 Å². The molecule has 1 aliphatic heterocycles. The molecule has 0 aromatic heterocycles. The van der Waals surface area contributed by atoms with E-state index in [-0.39, 0.29) is 17.6 Å². The number of carbonyl (C=O) groups excluding carboxylic acids is 2. The molecule has 2 amide bonds. The third kappa shape index (κ3) is 2.69. The molecule has 1 saturated carbocycles. The number of hydrogen-bond donors (Lipinski definition) is 3. The zero-order valence-electron chi connectivity index (χ0n) is 12.5. The number of nitrogens with zero attached hydrogens (tertiary/aromatic N) is 2. The van der Waals surface area contributed by atoms with Gasteiger partial charge in [0.25, 0.3) is 0 Å². The summed E-state index contributed by atoms with van der Waals surface area (Å²) in [5.74, 6) is -0.329. The lowest BCUT2D eigenvalue weighted by molar-refractivity contribution is -0.145. The van der Waals surface area contributed by atoms with Crippen molar-refractivity contribution in [1.29, 1.82) is 0 Å². The molecule has 1 unspecified atom stereocenters. The van der Waals surface area contributed by atoms with Crippen LogP contribution in [0.3, 0.4) is 0 Å². The minimum Gasteiger partial charge on any atom is -0.409 e. The zero-order chi connectivity index (χ0) is 15.5. The van der Waals surface area contributed by atoms with E-state index in [0.717, 1.165) is 25.7 Å². The third-order valence-electron chi connectivity index (χ3n) is 4.78. The van der Waals surface area contributed by atoms with Crippen LogP contribution < -0.4 is 11.1 Å². The van der Waals surface area contributed by atoms with Crippen LogP contribution in [0.2, 0.25) is 0 Å². The molecule has 7 heteroatoms. The number of hydrogen-bond acceptors (Lipinski definition) is 4. The number of amides is 2. The van der Waals surface area contributed by atoms with E-state index in [1.807, 2.05) is 0 Å². The van der Waals surface area contributed by atoms with Crippen molar-refractivity contribution in [2.24, 2.45) is 16.3 Å². The highest BCUT2D eigenvalue weighted by molar-refractivity contribution is 6.08. The second kappa shape index (κ2) is 6.32. The first-order valence-corrected chi connectivity index (χ1v) is 7.57. The molecule has 7 nitrogen and oxygen atoms in total. The van der Waals surface area contributed by atoms with Gasteiger partial charge in [-0.05, 0) is 25.7 Å². The number of likely N-dealkylation sites (tertiary alicyclic amines) is 1. The second-order valence-electron chi connectivity index (χ2n) is 5.90. The number of likely N-dealkylation sites (N-methyl/N-ethyl adjacent to an activating group) is 1. The monoisotopic (exact) mass is 296 g/mol. The van der Waals surface area contributed by atoms with Crippen LogP contribution in [-0.2, 0) is 9.59 Å². The molecule has 0 aromatic rings. The van der Waals surface area contributed by atoms with Gasteiger partial charge in [0, 0.05) is 13.6 Å². The maximum atomic E-state index is 13.0. The summed E-state index contributed by atoms with van der Waals surface area (Å²) in [6, 6.07) is -0.437. The average molecular weight is 296 g/mol. The third-order valence-corrected chi connectivity index (χ3v) is 4.78. The van der Waals surface area contributed by atoms with Crippen molar-refractivity contribution in [2.75, 3.05) is 13.6 Å². The summed E-state index contributed by atoms with van der Waals surface area (Å²) in [5, 5.41) is 14.8. The van der Waals surface area contributed by atoms with Gasteiger partial charge in [-0.15, -0.1) is 0 Å². The standard InChI is InChI=1S/C14H24N4O3/c1-16-11(19)10-6-5-9-18(10)13(20)14(12(15)17-21)7-3-2-4-8-14/h10,21H,2-9H2,1H3,(H2,15,17)(H,16,19). The lowest BCUT2D eigenvalue weighted by Gasteiger charge is -2.39. The van der Waals surface area contributed by atoms with Gasteiger partial charge in [0.2, 0.25) is 11.8 Å². The van der Waals surface area contributed by atoms with Crippen molar-refractivity contribution in [3.8, 4) is 0 Å². The molecule has 0 radical (unpaired) electrons. The first kappa shape index (κ1) is 15.6. The first-order chi connectivity index (χ1) is 10.1. The Kier molecular flexibility index (Phi) is 4.69. The molecule has 118 valence electrons. The normalized spacial score (nSPS) is 25.7. The predicted octanol–water partition coefficient (Wildman–Crippen LogP) is 0.420. The number of amidine groups is 1. The van der Waals surface area contributed by atoms with Gasteiger partial charge >= 0.3 is 0 Å². The molecule has 1 heterocycles. The van der Waals surface area contributed by atoms with Gasteiger partial charge in [-0.2, -0.15) is 0 Å². The summed E-state index contributed by atoms with van der Waals surface area (Å²) in [6.07, 6.45) is 5.43.